The predicted octanol–water partition coefficient (Wildman–Crippen LogP) is 2.60. The minimum atomic E-state index is -0.948. The molecule has 0 saturated carbocycles. The van der Waals surface area contributed by atoms with Crippen LogP contribution in [0.15, 0.2) is 42.5 Å². The molecule has 24 heavy (non-hydrogen) atoms. The van der Waals surface area contributed by atoms with Gasteiger partial charge in [0.05, 0.1) is 15.7 Å². The zero-order chi connectivity index (χ0) is 17.3. The number of aliphatic carboxylic acids is 1. The fraction of sp³-hybridized carbons (Fsp3) is 0.250. The van der Waals surface area contributed by atoms with Gasteiger partial charge in [-0.1, -0.05) is 41.7 Å². The molecule has 7 nitrogen and oxygen atoms in total. The van der Waals surface area contributed by atoms with Gasteiger partial charge < -0.3 is 10.0 Å². The SMILES string of the molecule is O=C(O)[C@@H]1CN(C(=O)c2ccc([N+](=O)[O-])s2)C[C@@H]1c1ccccc1. The first-order valence-corrected chi connectivity index (χ1v) is 8.10. The number of nitrogens with zero attached hydrogens (tertiary/aromatic N) is 2. The summed E-state index contributed by atoms with van der Waals surface area (Å²) >= 11 is 0.805. The summed E-state index contributed by atoms with van der Waals surface area (Å²) in [5.74, 6) is -2.29. The second kappa shape index (κ2) is 6.40. The average molecular weight is 346 g/mol. The molecular weight excluding hydrogens is 332 g/mol. The van der Waals surface area contributed by atoms with Gasteiger partial charge in [0.1, 0.15) is 0 Å². The van der Waals surface area contributed by atoms with Crippen molar-refractivity contribution in [3.05, 3.63) is 63.0 Å². The Labute approximate surface area is 141 Å². The van der Waals surface area contributed by atoms with Gasteiger partial charge in [-0.15, -0.1) is 0 Å². The van der Waals surface area contributed by atoms with Gasteiger partial charge in [0.15, 0.2) is 0 Å². The summed E-state index contributed by atoms with van der Waals surface area (Å²) in [6.45, 7) is 0.380. The Balaban J connectivity index is 1.83. The molecule has 2 heterocycles. The van der Waals surface area contributed by atoms with Crippen LogP contribution < -0.4 is 0 Å². The number of carbonyl (C=O) groups excluding carboxylic acids is 1. The maximum absolute atomic E-state index is 12.5. The highest BCUT2D eigenvalue weighted by molar-refractivity contribution is 7.17. The van der Waals surface area contributed by atoms with Crippen molar-refractivity contribution in [2.24, 2.45) is 5.92 Å². The van der Waals surface area contributed by atoms with E-state index in [1.54, 1.807) is 0 Å². The minimum Gasteiger partial charge on any atom is -0.481 e. The van der Waals surface area contributed by atoms with Crippen LogP contribution in [0.1, 0.15) is 21.2 Å². The number of carboxylic acids is 1. The van der Waals surface area contributed by atoms with E-state index in [4.69, 9.17) is 0 Å². The molecule has 0 spiro atoms. The Morgan fingerprint density at radius 2 is 1.88 bits per heavy atom. The molecule has 8 heteroatoms. The van der Waals surface area contributed by atoms with E-state index in [9.17, 15) is 24.8 Å². The lowest BCUT2D eigenvalue weighted by Crippen LogP contribution is -2.29. The molecule has 3 rings (SSSR count). The van der Waals surface area contributed by atoms with Crippen LogP contribution in [-0.4, -0.2) is 39.9 Å². The number of carboxylic acid groups (broad SMARTS) is 1. The summed E-state index contributed by atoms with van der Waals surface area (Å²) in [5.41, 5.74) is 0.873. The summed E-state index contributed by atoms with van der Waals surface area (Å²) in [7, 11) is 0. The van der Waals surface area contributed by atoms with Gasteiger partial charge in [0.2, 0.25) is 0 Å². The smallest absolute Gasteiger partial charge is 0.324 e. The monoisotopic (exact) mass is 346 g/mol. The molecule has 1 aromatic carbocycles. The van der Waals surface area contributed by atoms with Gasteiger partial charge in [-0.05, 0) is 11.6 Å². The summed E-state index contributed by atoms with van der Waals surface area (Å²) < 4.78 is 0. The first-order valence-electron chi connectivity index (χ1n) is 7.28. The molecule has 0 bridgehead atoms. The first-order chi connectivity index (χ1) is 11.5. The number of carbonyl (C=O) groups is 2. The van der Waals surface area contributed by atoms with Gasteiger partial charge in [0.25, 0.3) is 5.91 Å². The maximum atomic E-state index is 12.5. The molecule has 1 amide bonds. The van der Waals surface area contributed by atoms with Crippen LogP contribution in [0.4, 0.5) is 5.00 Å². The lowest BCUT2D eigenvalue weighted by Gasteiger charge is -2.15. The van der Waals surface area contributed by atoms with E-state index in [-0.39, 0.29) is 34.8 Å². The number of hydrogen-bond acceptors (Lipinski definition) is 5. The molecule has 1 aliphatic heterocycles. The Hall–Kier alpha value is -2.74. The van der Waals surface area contributed by atoms with Gasteiger partial charge in [-0.2, -0.15) is 0 Å². The fourth-order valence-corrected chi connectivity index (χ4v) is 3.74. The van der Waals surface area contributed by atoms with E-state index in [2.05, 4.69) is 0 Å². The van der Waals surface area contributed by atoms with Crippen molar-refractivity contribution < 1.29 is 19.6 Å². The molecule has 0 aliphatic carbocycles. The molecular formula is C16H14N2O5S. The van der Waals surface area contributed by atoms with Gasteiger partial charge in [0, 0.05) is 25.1 Å². The van der Waals surface area contributed by atoms with E-state index in [0.717, 1.165) is 16.9 Å². The zero-order valence-electron chi connectivity index (χ0n) is 12.5. The van der Waals surface area contributed by atoms with Crippen LogP contribution >= 0.6 is 11.3 Å². The van der Waals surface area contributed by atoms with Crippen molar-refractivity contribution in [2.45, 2.75) is 5.92 Å². The maximum Gasteiger partial charge on any atom is 0.324 e. The fourth-order valence-electron chi connectivity index (χ4n) is 2.95. The lowest BCUT2D eigenvalue weighted by atomic mass is 9.89. The van der Waals surface area contributed by atoms with E-state index >= 15 is 0 Å². The topological polar surface area (TPSA) is 101 Å². The van der Waals surface area contributed by atoms with Crippen LogP contribution in [0.25, 0.3) is 0 Å². The second-order valence-corrected chi connectivity index (χ2v) is 6.63. The summed E-state index contributed by atoms with van der Waals surface area (Å²) in [4.78, 5) is 36.0. The van der Waals surface area contributed by atoms with E-state index in [0.29, 0.717) is 0 Å². The van der Waals surface area contributed by atoms with Crippen LogP contribution in [0.3, 0.4) is 0 Å². The Bertz CT molecular complexity index is 789. The minimum absolute atomic E-state index is 0.0967. The summed E-state index contributed by atoms with van der Waals surface area (Å²) in [5, 5.41) is 20.1. The van der Waals surface area contributed by atoms with Crippen molar-refractivity contribution in [1.29, 1.82) is 0 Å². The Kier molecular flexibility index (Phi) is 4.30. The Morgan fingerprint density at radius 3 is 2.46 bits per heavy atom. The lowest BCUT2D eigenvalue weighted by molar-refractivity contribution is -0.380. The molecule has 1 aromatic heterocycles. The molecule has 2 aromatic rings. The first kappa shape index (κ1) is 16.1. The number of nitro groups is 1. The number of hydrogen-bond donors (Lipinski definition) is 1. The van der Waals surface area contributed by atoms with Crippen LogP contribution in [0.2, 0.25) is 0 Å². The molecule has 1 N–H and O–H groups in total. The quantitative estimate of drug-likeness (QED) is 0.677. The molecule has 2 atom stereocenters. The molecule has 124 valence electrons. The van der Waals surface area contributed by atoms with Crippen molar-refractivity contribution >= 4 is 28.2 Å². The van der Waals surface area contributed by atoms with E-state index < -0.39 is 16.8 Å². The third-order valence-electron chi connectivity index (χ3n) is 4.13. The third kappa shape index (κ3) is 3.00. The largest absolute Gasteiger partial charge is 0.481 e. The molecule has 1 saturated heterocycles. The zero-order valence-corrected chi connectivity index (χ0v) is 13.3. The molecule has 0 unspecified atom stereocenters. The van der Waals surface area contributed by atoms with Crippen LogP contribution in [-0.2, 0) is 4.79 Å². The van der Waals surface area contributed by atoms with Crippen molar-refractivity contribution in [3.63, 3.8) is 0 Å². The number of rotatable bonds is 4. The van der Waals surface area contributed by atoms with E-state index in [1.165, 1.54) is 17.0 Å². The number of thiophene rings is 1. The van der Waals surface area contributed by atoms with Crippen molar-refractivity contribution in [3.8, 4) is 0 Å². The predicted molar refractivity (Wildman–Crippen MR) is 87.2 cm³/mol. The molecule has 1 aliphatic rings. The van der Waals surface area contributed by atoms with Gasteiger partial charge >= 0.3 is 11.0 Å². The highest BCUT2D eigenvalue weighted by atomic mass is 32.1. The summed E-state index contributed by atoms with van der Waals surface area (Å²) in [6.07, 6.45) is 0. The summed E-state index contributed by atoms with van der Waals surface area (Å²) in [6, 6.07) is 11.9. The normalized spacial score (nSPS) is 20.1. The molecule has 0 radical (unpaired) electrons. The van der Waals surface area contributed by atoms with Gasteiger partial charge in [-0.25, -0.2) is 0 Å². The number of likely N-dealkylation sites (tertiary alicyclic amines) is 1. The van der Waals surface area contributed by atoms with Crippen LogP contribution in [0.5, 0.6) is 0 Å². The standard InChI is InChI=1S/C16H14N2O5S/c19-15(13-6-7-14(24-13)18(22)23)17-8-11(12(9-17)16(20)21)10-4-2-1-3-5-10/h1-7,11-12H,8-9H2,(H,20,21)/t11-,12-/m1/s1. The van der Waals surface area contributed by atoms with Crippen LogP contribution in [0, 0.1) is 16.0 Å². The molecule has 1 fully saturated rings. The average Bonchev–Trinajstić information content (AvgIpc) is 3.22. The van der Waals surface area contributed by atoms with Gasteiger partial charge in [-0.3, -0.25) is 19.7 Å². The van der Waals surface area contributed by atoms with E-state index in [1.807, 2.05) is 30.3 Å². The number of amides is 1. The Morgan fingerprint density at radius 1 is 1.17 bits per heavy atom. The van der Waals surface area contributed by atoms with Crippen molar-refractivity contribution in [2.75, 3.05) is 13.1 Å². The third-order valence-corrected chi connectivity index (χ3v) is 5.16. The van der Waals surface area contributed by atoms with Crippen molar-refractivity contribution in [1.82, 2.24) is 4.90 Å². The second-order valence-electron chi connectivity index (χ2n) is 5.57. The number of benzene rings is 1. The highest BCUT2D eigenvalue weighted by Gasteiger charge is 2.41. The highest BCUT2D eigenvalue weighted by Crippen LogP contribution is 2.35.